The number of nitrogens with zero attached hydrogens (tertiary/aromatic N) is 3. The van der Waals surface area contributed by atoms with Crippen LogP contribution in [0.3, 0.4) is 0 Å². The van der Waals surface area contributed by atoms with E-state index in [0.717, 1.165) is 25.9 Å². The summed E-state index contributed by atoms with van der Waals surface area (Å²) in [5.41, 5.74) is 0.0497. The van der Waals surface area contributed by atoms with E-state index < -0.39 is 5.97 Å². The van der Waals surface area contributed by atoms with E-state index in [4.69, 9.17) is 5.11 Å². The van der Waals surface area contributed by atoms with Crippen LogP contribution in [0.1, 0.15) is 30.3 Å². The Balaban J connectivity index is 1.98. The van der Waals surface area contributed by atoms with Gasteiger partial charge in [0.2, 0.25) is 5.91 Å². The van der Waals surface area contributed by atoms with E-state index >= 15 is 0 Å². The molecule has 1 amide bonds. The van der Waals surface area contributed by atoms with Crippen molar-refractivity contribution in [3.8, 4) is 0 Å². The van der Waals surface area contributed by atoms with E-state index in [2.05, 4.69) is 12.0 Å². The Kier molecular flexibility index (Phi) is 3.64. The Hall–Kier alpha value is -1.85. The van der Waals surface area contributed by atoms with Crippen LogP contribution >= 0.6 is 0 Å². The summed E-state index contributed by atoms with van der Waals surface area (Å²) in [6, 6.07) is 1.40. The van der Waals surface area contributed by atoms with E-state index in [1.54, 1.807) is 4.90 Å². The molecule has 2 rings (SSSR count). The zero-order chi connectivity index (χ0) is 13.1. The van der Waals surface area contributed by atoms with Crippen molar-refractivity contribution < 1.29 is 14.7 Å². The maximum absolute atomic E-state index is 12.0. The third kappa shape index (κ3) is 2.69. The van der Waals surface area contributed by atoms with Crippen molar-refractivity contribution in [2.24, 2.45) is 5.92 Å². The molecule has 0 atom stereocenters. The molecule has 6 nitrogen and oxygen atoms in total. The highest BCUT2D eigenvalue weighted by Gasteiger charge is 2.22. The normalized spacial score (nSPS) is 16.8. The quantitative estimate of drug-likeness (QED) is 0.863. The lowest BCUT2D eigenvalue weighted by molar-refractivity contribution is -0.133. The Morgan fingerprint density at radius 3 is 2.72 bits per heavy atom. The maximum Gasteiger partial charge on any atom is 0.354 e. The molecule has 0 radical (unpaired) electrons. The number of likely N-dealkylation sites (tertiary alicyclic amines) is 1. The van der Waals surface area contributed by atoms with Gasteiger partial charge in [0.1, 0.15) is 12.2 Å². The van der Waals surface area contributed by atoms with Crippen molar-refractivity contribution in [2.75, 3.05) is 13.1 Å². The van der Waals surface area contributed by atoms with E-state index in [0.29, 0.717) is 5.92 Å². The molecule has 6 heteroatoms. The molecule has 1 aliphatic rings. The number of amides is 1. The molecule has 0 saturated carbocycles. The number of hydrogen-bond acceptors (Lipinski definition) is 3. The van der Waals surface area contributed by atoms with Gasteiger partial charge in [0, 0.05) is 19.3 Å². The molecular formula is C12H17N3O3. The molecule has 1 fully saturated rings. The maximum atomic E-state index is 12.0. The summed E-state index contributed by atoms with van der Waals surface area (Å²) >= 11 is 0. The monoisotopic (exact) mass is 251 g/mol. The van der Waals surface area contributed by atoms with Gasteiger partial charge in [-0.1, -0.05) is 6.92 Å². The van der Waals surface area contributed by atoms with Crippen molar-refractivity contribution >= 4 is 11.9 Å². The van der Waals surface area contributed by atoms with Gasteiger partial charge in [-0.15, -0.1) is 0 Å². The Morgan fingerprint density at radius 1 is 1.44 bits per heavy atom. The van der Waals surface area contributed by atoms with Gasteiger partial charge >= 0.3 is 5.97 Å². The molecule has 1 aromatic heterocycles. The molecule has 1 aliphatic heterocycles. The molecule has 0 unspecified atom stereocenters. The molecule has 0 aromatic carbocycles. The van der Waals surface area contributed by atoms with Gasteiger partial charge in [-0.05, 0) is 24.8 Å². The minimum atomic E-state index is -1.06. The van der Waals surface area contributed by atoms with Crippen molar-refractivity contribution in [1.82, 2.24) is 14.7 Å². The topological polar surface area (TPSA) is 75.4 Å². The number of rotatable bonds is 3. The van der Waals surface area contributed by atoms with Gasteiger partial charge in [-0.3, -0.25) is 4.79 Å². The molecule has 0 aliphatic carbocycles. The van der Waals surface area contributed by atoms with Crippen molar-refractivity contribution in [2.45, 2.75) is 26.3 Å². The predicted molar refractivity (Wildman–Crippen MR) is 64.2 cm³/mol. The molecule has 0 spiro atoms. The number of carbonyl (C=O) groups is 2. The lowest BCUT2D eigenvalue weighted by atomic mass is 9.99. The smallest absolute Gasteiger partial charge is 0.354 e. The molecular weight excluding hydrogens is 234 g/mol. The summed E-state index contributed by atoms with van der Waals surface area (Å²) in [6.45, 7) is 3.69. The predicted octanol–water partition coefficient (Wildman–Crippen LogP) is 0.840. The summed E-state index contributed by atoms with van der Waals surface area (Å²) in [5, 5.41) is 12.8. The van der Waals surface area contributed by atoms with Crippen LogP contribution in [0.5, 0.6) is 0 Å². The second-order valence-corrected chi connectivity index (χ2v) is 4.74. The number of carboxylic acid groups (broad SMARTS) is 1. The van der Waals surface area contributed by atoms with Crippen LogP contribution in [0.25, 0.3) is 0 Å². The van der Waals surface area contributed by atoms with Gasteiger partial charge in [0.15, 0.2) is 0 Å². The van der Waals surface area contributed by atoms with E-state index in [1.165, 1.54) is 16.9 Å². The standard InChI is InChI=1S/C12H17N3O3/c1-9-3-6-14(7-4-9)11(16)8-15-10(12(17)18)2-5-13-15/h2,5,9H,3-4,6-8H2,1H3,(H,17,18). The first-order chi connectivity index (χ1) is 8.58. The van der Waals surface area contributed by atoms with Crippen LogP contribution in [0, 0.1) is 5.92 Å². The van der Waals surface area contributed by atoms with Gasteiger partial charge in [0.05, 0.1) is 0 Å². The number of piperidine rings is 1. The minimum Gasteiger partial charge on any atom is -0.477 e. The van der Waals surface area contributed by atoms with Crippen LogP contribution in [-0.2, 0) is 11.3 Å². The van der Waals surface area contributed by atoms with Gasteiger partial charge < -0.3 is 10.0 Å². The number of aromatic carboxylic acids is 1. The zero-order valence-electron chi connectivity index (χ0n) is 10.4. The first-order valence-corrected chi connectivity index (χ1v) is 6.11. The largest absolute Gasteiger partial charge is 0.477 e. The second kappa shape index (κ2) is 5.20. The zero-order valence-corrected chi connectivity index (χ0v) is 10.4. The summed E-state index contributed by atoms with van der Waals surface area (Å²) in [5.74, 6) is -0.464. The van der Waals surface area contributed by atoms with Crippen molar-refractivity contribution in [3.63, 3.8) is 0 Å². The van der Waals surface area contributed by atoms with Crippen LogP contribution in [0.4, 0.5) is 0 Å². The molecule has 0 bridgehead atoms. The Morgan fingerprint density at radius 2 is 2.11 bits per heavy atom. The van der Waals surface area contributed by atoms with Crippen LogP contribution in [-0.4, -0.2) is 44.8 Å². The first-order valence-electron chi connectivity index (χ1n) is 6.11. The van der Waals surface area contributed by atoms with Crippen LogP contribution in [0.2, 0.25) is 0 Å². The summed E-state index contributed by atoms with van der Waals surface area (Å²) in [4.78, 5) is 24.7. The third-order valence-corrected chi connectivity index (χ3v) is 3.36. The lowest BCUT2D eigenvalue weighted by Crippen LogP contribution is -2.40. The summed E-state index contributed by atoms with van der Waals surface area (Å²) in [7, 11) is 0. The third-order valence-electron chi connectivity index (χ3n) is 3.36. The number of carboxylic acids is 1. The van der Waals surface area contributed by atoms with E-state index in [9.17, 15) is 9.59 Å². The van der Waals surface area contributed by atoms with Gasteiger partial charge in [0.25, 0.3) is 0 Å². The van der Waals surface area contributed by atoms with Crippen molar-refractivity contribution in [3.05, 3.63) is 18.0 Å². The van der Waals surface area contributed by atoms with Gasteiger partial charge in [-0.25, -0.2) is 9.48 Å². The molecule has 1 aromatic rings. The average Bonchev–Trinajstić information content (AvgIpc) is 2.78. The highest BCUT2D eigenvalue weighted by molar-refractivity contribution is 5.86. The molecule has 1 N–H and O–H groups in total. The van der Waals surface area contributed by atoms with E-state index in [-0.39, 0.29) is 18.1 Å². The number of hydrogen-bond donors (Lipinski definition) is 1. The lowest BCUT2D eigenvalue weighted by Gasteiger charge is -2.30. The fourth-order valence-corrected chi connectivity index (χ4v) is 2.13. The second-order valence-electron chi connectivity index (χ2n) is 4.74. The van der Waals surface area contributed by atoms with Crippen LogP contribution in [0.15, 0.2) is 12.3 Å². The summed E-state index contributed by atoms with van der Waals surface area (Å²) < 4.78 is 1.24. The van der Waals surface area contributed by atoms with E-state index in [1.807, 2.05) is 0 Å². The molecule has 18 heavy (non-hydrogen) atoms. The fourth-order valence-electron chi connectivity index (χ4n) is 2.13. The van der Waals surface area contributed by atoms with Gasteiger partial charge in [-0.2, -0.15) is 5.10 Å². The number of carbonyl (C=O) groups excluding carboxylic acids is 1. The first kappa shape index (κ1) is 12.6. The number of aromatic nitrogens is 2. The SMILES string of the molecule is CC1CCN(C(=O)Cn2nccc2C(=O)O)CC1. The Labute approximate surface area is 105 Å². The molecule has 2 heterocycles. The average molecular weight is 251 g/mol. The fraction of sp³-hybridized carbons (Fsp3) is 0.583. The summed E-state index contributed by atoms with van der Waals surface area (Å²) in [6.07, 6.45) is 3.42. The highest BCUT2D eigenvalue weighted by Crippen LogP contribution is 2.16. The van der Waals surface area contributed by atoms with Crippen LogP contribution < -0.4 is 0 Å². The molecule has 98 valence electrons. The molecule has 1 saturated heterocycles. The minimum absolute atomic E-state index is 0.00299. The highest BCUT2D eigenvalue weighted by atomic mass is 16.4. The van der Waals surface area contributed by atoms with Crippen molar-refractivity contribution in [1.29, 1.82) is 0 Å². The Bertz CT molecular complexity index is 447.